The Hall–Kier alpha value is -1.58. The number of halogens is 1. The van der Waals surface area contributed by atoms with Gasteiger partial charge < -0.3 is 9.64 Å². The fourth-order valence-electron chi connectivity index (χ4n) is 1.46. The molecular formula is C14H20FNO2. The maximum atomic E-state index is 13.5. The van der Waals surface area contributed by atoms with E-state index in [9.17, 15) is 9.18 Å². The molecule has 4 heteroatoms. The molecule has 0 saturated heterocycles. The molecular weight excluding hydrogens is 233 g/mol. The van der Waals surface area contributed by atoms with Crippen molar-refractivity contribution in [3.05, 3.63) is 35.6 Å². The zero-order valence-corrected chi connectivity index (χ0v) is 11.4. The Bertz CT molecular complexity index is 413. The van der Waals surface area contributed by atoms with Gasteiger partial charge in [-0.25, -0.2) is 9.18 Å². The van der Waals surface area contributed by atoms with E-state index in [1.165, 1.54) is 11.0 Å². The third-order valence-corrected chi connectivity index (χ3v) is 2.35. The first-order valence-corrected chi connectivity index (χ1v) is 6.05. The Morgan fingerprint density at radius 3 is 2.44 bits per heavy atom. The monoisotopic (exact) mass is 253 g/mol. The van der Waals surface area contributed by atoms with Crippen molar-refractivity contribution in [3.63, 3.8) is 0 Å². The van der Waals surface area contributed by atoms with E-state index in [0.29, 0.717) is 12.1 Å². The summed E-state index contributed by atoms with van der Waals surface area (Å²) in [5.74, 6) is -0.306. The first-order chi connectivity index (χ1) is 8.33. The van der Waals surface area contributed by atoms with Gasteiger partial charge in [0.2, 0.25) is 0 Å². The van der Waals surface area contributed by atoms with Gasteiger partial charge in [-0.05, 0) is 33.8 Å². The second kappa shape index (κ2) is 5.85. The molecule has 100 valence electrons. The summed E-state index contributed by atoms with van der Waals surface area (Å²) in [6.45, 7) is 7.96. The van der Waals surface area contributed by atoms with Crippen LogP contribution in [0.15, 0.2) is 24.3 Å². The Kier molecular flexibility index (Phi) is 4.70. The van der Waals surface area contributed by atoms with Crippen molar-refractivity contribution in [1.29, 1.82) is 0 Å². The Morgan fingerprint density at radius 2 is 1.94 bits per heavy atom. The van der Waals surface area contributed by atoms with Crippen LogP contribution in [0.2, 0.25) is 0 Å². The van der Waals surface area contributed by atoms with Crippen LogP contribution in [0.4, 0.5) is 9.18 Å². The van der Waals surface area contributed by atoms with Gasteiger partial charge in [-0.15, -0.1) is 0 Å². The molecule has 1 aromatic rings. The highest BCUT2D eigenvalue weighted by Crippen LogP contribution is 2.14. The van der Waals surface area contributed by atoms with Gasteiger partial charge in [-0.3, -0.25) is 0 Å². The molecule has 0 N–H and O–H groups in total. The highest BCUT2D eigenvalue weighted by Gasteiger charge is 2.21. The molecule has 1 rings (SSSR count). The van der Waals surface area contributed by atoms with Crippen LogP contribution in [0.1, 0.15) is 33.3 Å². The number of hydrogen-bond donors (Lipinski definition) is 0. The number of carbonyl (C=O) groups excluding carboxylic acids is 1. The minimum absolute atomic E-state index is 0.220. The third-order valence-electron chi connectivity index (χ3n) is 2.35. The molecule has 3 nitrogen and oxygen atoms in total. The van der Waals surface area contributed by atoms with E-state index in [4.69, 9.17) is 4.74 Å². The molecule has 0 aliphatic heterocycles. The van der Waals surface area contributed by atoms with Crippen molar-refractivity contribution >= 4 is 6.09 Å². The second-order valence-corrected chi connectivity index (χ2v) is 5.09. The van der Waals surface area contributed by atoms with Gasteiger partial charge in [-0.1, -0.05) is 18.2 Å². The number of carbonyl (C=O) groups is 1. The number of benzene rings is 1. The molecule has 0 aromatic heterocycles. The lowest BCUT2D eigenvalue weighted by Crippen LogP contribution is -2.36. The average Bonchev–Trinajstić information content (AvgIpc) is 2.25. The molecule has 1 amide bonds. The van der Waals surface area contributed by atoms with Crippen LogP contribution in [0.3, 0.4) is 0 Å². The molecule has 0 unspecified atom stereocenters. The maximum Gasteiger partial charge on any atom is 0.410 e. The molecule has 0 radical (unpaired) electrons. The van der Waals surface area contributed by atoms with Crippen molar-refractivity contribution in [1.82, 2.24) is 4.90 Å². The molecule has 0 spiro atoms. The first-order valence-electron chi connectivity index (χ1n) is 6.05. The average molecular weight is 253 g/mol. The number of ether oxygens (including phenoxy) is 1. The lowest BCUT2D eigenvalue weighted by atomic mass is 10.2. The van der Waals surface area contributed by atoms with E-state index < -0.39 is 11.7 Å². The number of hydrogen-bond acceptors (Lipinski definition) is 2. The van der Waals surface area contributed by atoms with Crippen LogP contribution in [0, 0.1) is 5.82 Å². The Morgan fingerprint density at radius 1 is 1.33 bits per heavy atom. The Balaban J connectivity index is 2.74. The van der Waals surface area contributed by atoms with Crippen LogP contribution in [-0.2, 0) is 11.3 Å². The summed E-state index contributed by atoms with van der Waals surface area (Å²) < 4.78 is 18.8. The summed E-state index contributed by atoms with van der Waals surface area (Å²) in [5, 5.41) is 0. The van der Waals surface area contributed by atoms with Crippen LogP contribution < -0.4 is 0 Å². The fourth-order valence-corrected chi connectivity index (χ4v) is 1.46. The minimum atomic E-state index is -0.542. The van der Waals surface area contributed by atoms with Crippen LogP contribution in [0.25, 0.3) is 0 Å². The minimum Gasteiger partial charge on any atom is -0.444 e. The normalized spacial score (nSPS) is 11.2. The van der Waals surface area contributed by atoms with Gasteiger partial charge >= 0.3 is 6.09 Å². The van der Waals surface area contributed by atoms with Crippen molar-refractivity contribution in [2.75, 3.05) is 6.54 Å². The van der Waals surface area contributed by atoms with E-state index in [2.05, 4.69) is 0 Å². The van der Waals surface area contributed by atoms with Crippen molar-refractivity contribution in [3.8, 4) is 0 Å². The van der Waals surface area contributed by atoms with Crippen molar-refractivity contribution in [2.24, 2.45) is 0 Å². The third kappa shape index (κ3) is 4.35. The second-order valence-electron chi connectivity index (χ2n) is 5.09. The van der Waals surface area contributed by atoms with E-state index in [1.54, 1.807) is 18.2 Å². The maximum absolute atomic E-state index is 13.5. The zero-order valence-electron chi connectivity index (χ0n) is 11.4. The first kappa shape index (κ1) is 14.5. The van der Waals surface area contributed by atoms with Crippen molar-refractivity contribution in [2.45, 2.75) is 39.8 Å². The highest BCUT2D eigenvalue weighted by atomic mass is 19.1. The summed E-state index contributed by atoms with van der Waals surface area (Å²) in [7, 11) is 0. The van der Waals surface area contributed by atoms with E-state index >= 15 is 0 Å². The standard InChI is InChI=1S/C14H20FNO2/c1-5-16(13(17)18-14(2,3)4)10-11-8-6-7-9-12(11)15/h6-9H,5,10H2,1-4H3. The smallest absolute Gasteiger partial charge is 0.410 e. The number of amides is 1. The summed E-state index contributed by atoms with van der Waals surface area (Å²) in [6.07, 6.45) is -0.423. The predicted molar refractivity (Wildman–Crippen MR) is 68.7 cm³/mol. The van der Waals surface area contributed by atoms with Gasteiger partial charge in [-0.2, -0.15) is 0 Å². The van der Waals surface area contributed by atoms with E-state index in [0.717, 1.165) is 0 Å². The molecule has 0 bridgehead atoms. The predicted octanol–water partition coefficient (Wildman–Crippen LogP) is 3.58. The molecule has 0 saturated carbocycles. The lowest BCUT2D eigenvalue weighted by Gasteiger charge is -2.26. The van der Waals surface area contributed by atoms with Gasteiger partial charge in [0.25, 0.3) is 0 Å². The van der Waals surface area contributed by atoms with Gasteiger partial charge in [0, 0.05) is 12.1 Å². The van der Waals surface area contributed by atoms with Gasteiger partial charge in [0.1, 0.15) is 11.4 Å². The molecule has 0 fully saturated rings. The fraction of sp³-hybridized carbons (Fsp3) is 0.500. The van der Waals surface area contributed by atoms with Crippen LogP contribution >= 0.6 is 0 Å². The lowest BCUT2D eigenvalue weighted by molar-refractivity contribution is 0.0243. The van der Waals surface area contributed by atoms with Crippen LogP contribution in [-0.4, -0.2) is 23.1 Å². The summed E-state index contributed by atoms with van der Waals surface area (Å²) in [6, 6.07) is 6.44. The summed E-state index contributed by atoms with van der Waals surface area (Å²) >= 11 is 0. The Labute approximate surface area is 108 Å². The molecule has 0 aliphatic rings. The summed E-state index contributed by atoms with van der Waals surface area (Å²) in [4.78, 5) is 13.4. The van der Waals surface area contributed by atoms with Crippen molar-refractivity contribution < 1.29 is 13.9 Å². The van der Waals surface area contributed by atoms with Gasteiger partial charge in [0.15, 0.2) is 0 Å². The molecule has 0 heterocycles. The SMILES string of the molecule is CCN(Cc1ccccc1F)C(=O)OC(C)(C)C. The zero-order chi connectivity index (χ0) is 13.8. The molecule has 18 heavy (non-hydrogen) atoms. The van der Waals surface area contributed by atoms with Crippen LogP contribution in [0.5, 0.6) is 0 Å². The largest absolute Gasteiger partial charge is 0.444 e. The van der Waals surface area contributed by atoms with E-state index in [-0.39, 0.29) is 12.4 Å². The highest BCUT2D eigenvalue weighted by molar-refractivity contribution is 5.68. The topological polar surface area (TPSA) is 29.5 Å². The number of nitrogens with zero attached hydrogens (tertiary/aromatic N) is 1. The molecule has 0 atom stereocenters. The van der Waals surface area contributed by atoms with E-state index in [1.807, 2.05) is 27.7 Å². The van der Waals surface area contributed by atoms with Gasteiger partial charge in [0.05, 0.1) is 6.54 Å². The number of rotatable bonds is 3. The molecule has 1 aromatic carbocycles. The quantitative estimate of drug-likeness (QED) is 0.824. The summed E-state index contributed by atoms with van der Waals surface area (Å²) in [5.41, 5.74) is -0.0510. The molecule has 0 aliphatic carbocycles.